The molecule has 0 aliphatic carbocycles. The van der Waals surface area contributed by atoms with Gasteiger partial charge in [0.2, 0.25) is 0 Å². The maximum Gasteiger partial charge on any atom is 0.123 e. The Labute approximate surface area is 113 Å². The lowest BCUT2D eigenvalue weighted by atomic mass is 10.0. The van der Waals surface area contributed by atoms with Crippen molar-refractivity contribution in [2.75, 3.05) is 0 Å². The summed E-state index contributed by atoms with van der Waals surface area (Å²) in [6, 6.07) is 6.02. The summed E-state index contributed by atoms with van der Waals surface area (Å²) in [5.74, 6) is 5.35. The molecule has 2 aromatic rings. The van der Waals surface area contributed by atoms with Gasteiger partial charge in [-0.3, -0.25) is 10.5 Å². The molecule has 0 aliphatic heterocycles. The number of nitrogens with one attached hydrogen (secondary N) is 1. The largest absolute Gasteiger partial charge is 0.271 e. The van der Waals surface area contributed by atoms with E-state index < -0.39 is 0 Å². The summed E-state index contributed by atoms with van der Waals surface area (Å²) in [5.41, 5.74) is 4.55. The van der Waals surface area contributed by atoms with E-state index in [9.17, 15) is 4.39 Å². The highest BCUT2D eigenvalue weighted by molar-refractivity contribution is 9.10. The Morgan fingerprint density at radius 2 is 2.11 bits per heavy atom. The van der Waals surface area contributed by atoms with Gasteiger partial charge in [-0.2, -0.15) is 5.10 Å². The van der Waals surface area contributed by atoms with Gasteiger partial charge >= 0.3 is 0 Å². The number of benzene rings is 1. The van der Waals surface area contributed by atoms with Crippen LogP contribution in [0.4, 0.5) is 4.39 Å². The maximum atomic E-state index is 12.9. The predicted octanol–water partition coefficient (Wildman–Crippen LogP) is 2.36. The first-order chi connectivity index (χ1) is 8.67. The monoisotopic (exact) mass is 312 g/mol. The van der Waals surface area contributed by atoms with Crippen molar-refractivity contribution >= 4 is 15.9 Å². The number of nitrogens with two attached hydrogens (primary N) is 1. The summed E-state index contributed by atoms with van der Waals surface area (Å²) in [7, 11) is 0. The Morgan fingerprint density at radius 3 is 2.67 bits per heavy atom. The maximum absolute atomic E-state index is 12.9. The van der Waals surface area contributed by atoms with Crippen LogP contribution >= 0.6 is 15.9 Å². The summed E-state index contributed by atoms with van der Waals surface area (Å²) in [4.78, 5) is 0. The smallest absolute Gasteiger partial charge is 0.123 e. The van der Waals surface area contributed by atoms with Gasteiger partial charge in [0.25, 0.3) is 0 Å². The molecule has 1 heterocycles. The van der Waals surface area contributed by atoms with Crippen LogP contribution in [0.3, 0.4) is 0 Å². The number of halogens is 2. The van der Waals surface area contributed by atoms with Crippen molar-refractivity contribution in [1.82, 2.24) is 15.2 Å². The van der Waals surface area contributed by atoms with Gasteiger partial charge in [-0.1, -0.05) is 12.1 Å². The van der Waals surface area contributed by atoms with Crippen molar-refractivity contribution in [3.63, 3.8) is 0 Å². The number of hydrogen-bond acceptors (Lipinski definition) is 3. The number of rotatable bonds is 4. The Bertz CT molecular complexity index is 523. The van der Waals surface area contributed by atoms with Crippen LogP contribution in [0.25, 0.3) is 0 Å². The lowest BCUT2D eigenvalue weighted by Crippen LogP contribution is -2.31. The predicted molar refractivity (Wildman–Crippen MR) is 71.2 cm³/mol. The van der Waals surface area contributed by atoms with Crippen molar-refractivity contribution in [2.24, 2.45) is 5.84 Å². The molecule has 0 saturated carbocycles. The van der Waals surface area contributed by atoms with E-state index in [1.54, 1.807) is 18.3 Å². The lowest BCUT2D eigenvalue weighted by molar-refractivity contribution is 0.540. The Balaban J connectivity index is 2.44. The number of hydrazine groups is 1. The van der Waals surface area contributed by atoms with Gasteiger partial charge in [0.1, 0.15) is 5.82 Å². The molecule has 0 fully saturated rings. The van der Waals surface area contributed by atoms with Crippen molar-refractivity contribution in [2.45, 2.75) is 19.5 Å². The van der Waals surface area contributed by atoms with Crippen LogP contribution < -0.4 is 11.3 Å². The van der Waals surface area contributed by atoms with Crippen LogP contribution in [0.5, 0.6) is 0 Å². The topological polar surface area (TPSA) is 55.9 Å². The van der Waals surface area contributed by atoms with Gasteiger partial charge in [0.15, 0.2) is 0 Å². The van der Waals surface area contributed by atoms with Crippen molar-refractivity contribution in [3.8, 4) is 0 Å². The third-order valence-corrected chi connectivity index (χ3v) is 3.39. The second-order valence-electron chi connectivity index (χ2n) is 3.84. The van der Waals surface area contributed by atoms with E-state index >= 15 is 0 Å². The molecule has 0 radical (unpaired) electrons. The SMILES string of the molecule is CCn1ncc(Br)c1C(NN)c1ccc(F)cc1. The molecule has 1 unspecified atom stereocenters. The fraction of sp³-hybridized carbons (Fsp3) is 0.250. The summed E-state index contributed by atoms with van der Waals surface area (Å²) < 4.78 is 15.7. The zero-order valence-electron chi connectivity index (χ0n) is 9.90. The molecule has 0 bridgehead atoms. The molecule has 0 amide bonds. The Kier molecular flexibility index (Phi) is 4.11. The molecule has 1 aromatic carbocycles. The third kappa shape index (κ3) is 2.45. The second-order valence-corrected chi connectivity index (χ2v) is 4.70. The molecule has 96 valence electrons. The summed E-state index contributed by atoms with van der Waals surface area (Å²) in [5, 5.41) is 4.25. The fourth-order valence-electron chi connectivity index (χ4n) is 1.90. The Morgan fingerprint density at radius 1 is 1.44 bits per heavy atom. The molecule has 2 rings (SSSR count). The number of hydrogen-bond donors (Lipinski definition) is 2. The summed E-state index contributed by atoms with van der Waals surface area (Å²) in [6.07, 6.45) is 1.73. The average Bonchev–Trinajstić information content (AvgIpc) is 2.74. The minimum Gasteiger partial charge on any atom is -0.271 e. The van der Waals surface area contributed by atoms with Crippen molar-refractivity contribution in [1.29, 1.82) is 0 Å². The van der Waals surface area contributed by atoms with Crippen LogP contribution in [0.15, 0.2) is 34.9 Å². The molecule has 4 nitrogen and oxygen atoms in total. The second kappa shape index (κ2) is 5.60. The van der Waals surface area contributed by atoms with Gasteiger partial charge in [0.05, 0.1) is 22.4 Å². The first-order valence-electron chi connectivity index (χ1n) is 5.60. The third-order valence-electron chi connectivity index (χ3n) is 2.78. The molecule has 18 heavy (non-hydrogen) atoms. The molecule has 0 aliphatic rings. The number of aryl methyl sites for hydroxylation is 1. The normalized spacial score (nSPS) is 12.7. The minimum absolute atomic E-state index is 0.234. The summed E-state index contributed by atoms with van der Waals surface area (Å²) in [6.45, 7) is 2.74. The minimum atomic E-state index is -0.266. The first kappa shape index (κ1) is 13.2. The van der Waals surface area contributed by atoms with E-state index in [1.807, 2.05) is 11.6 Å². The van der Waals surface area contributed by atoms with E-state index in [-0.39, 0.29) is 11.9 Å². The molecule has 3 N–H and O–H groups in total. The average molecular weight is 313 g/mol. The molecule has 0 saturated heterocycles. The number of aromatic nitrogens is 2. The van der Waals surface area contributed by atoms with E-state index in [0.29, 0.717) is 0 Å². The van der Waals surface area contributed by atoms with Gasteiger partial charge < -0.3 is 0 Å². The van der Waals surface area contributed by atoms with E-state index in [4.69, 9.17) is 5.84 Å². The van der Waals surface area contributed by atoms with E-state index in [0.717, 1.165) is 22.3 Å². The van der Waals surface area contributed by atoms with Gasteiger partial charge in [0, 0.05) is 6.54 Å². The summed E-state index contributed by atoms with van der Waals surface area (Å²) >= 11 is 3.46. The van der Waals surface area contributed by atoms with Crippen LogP contribution in [-0.2, 0) is 6.54 Å². The molecule has 0 spiro atoms. The molecule has 6 heteroatoms. The van der Waals surface area contributed by atoms with Crippen molar-refractivity contribution in [3.05, 3.63) is 52.0 Å². The standard InChI is InChI=1S/C12H14BrFN4/c1-2-18-12(10(13)7-16-18)11(17-15)8-3-5-9(14)6-4-8/h3-7,11,17H,2,15H2,1H3. The first-order valence-corrected chi connectivity index (χ1v) is 6.39. The van der Waals surface area contributed by atoms with E-state index in [2.05, 4.69) is 26.5 Å². The highest BCUT2D eigenvalue weighted by Crippen LogP contribution is 2.28. The van der Waals surface area contributed by atoms with Crippen LogP contribution in [-0.4, -0.2) is 9.78 Å². The molecular formula is C12H14BrFN4. The van der Waals surface area contributed by atoms with Crippen LogP contribution in [0, 0.1) is 5.82 Å². The quantitative estimate of drug-likeness (QED) is 0.673. The van der Waals surface area contributed by atoms with Crippen LogP contribution in [0.2, 0.25) is 0 Å². The molecule has 1 atom stereocenters. The van der Waals surface area contributed by atoms with Gasteiger partial charge in [-0.05, 0) is 40.5 Å². The number of nitrogens with zero attached hydrogens (tertiary/aromatic N) is 2. The Hall–Kier alpha value is -1.24. The zero-order chi connectivity index (χ0) is 13.1. The molecule has 1 aromatic heterocycles. The highest BCUT2D eigenvalue weighted by atomic mass is 79.9. The van der Waals surface area contributed by atoms with Crippen molar-refractivity contribution < 1.29 is 4.39 Å². The lowest BCUT2D eigenvalue weighted by Gasteiger charge is -2.18. The fourth-order valence-corrected chi connectivity index (χ4v) is 2.42. The highest BCUT2D eigenvalue weighted by Gasteiger charge is 2.20. The van der Waals surface area contributed by atoms with Gasteiger partial charge in [-0.25, -0.2) is 9.82 Å². The van der Waals surface area contributed by atoms with E-state index in [1.165, 1.54) is 12.1 Å². The van der Waals surface area contributed by atoms with Crippen LogP contribution in [0.1, 0.15) is 24.2 Å². The molecular weight excluding hydrogens is 299 g/mol. The zero-order valence-corrected chi connectivity index (χ0v) is 11.5. The van der Waals surface area contributed by atoms with Gasteiger partial charge in [-0.15, -0.1) is 0 Å².